The van der Waals surface area contributed by atoms with Crippen LogP contribution in [0.15, 0.2) is 42.9 Å². The summed E-state index contributed by atoms with van der Waals surface area (Å²) < 4.78 is 7.40. The maximum atomic E-state index is 13.2. The van der Waals surface area contributed by atoms with Gasteiger partial charge in [-0.1, -0.05) is 6.07 Å². The number of aromatic nitrogens is 3. The number of imidazole rings is 1. The van der Waals surface area contributed by atoms with Gasteiger partial charge in [-0.25, -0.2) is 4.98 Å². The molecule has 3 aromatic rings. The van der Waals surface area contributed by atoms with Crippen LogP contribution in [0.25, 0.3) is 10.9 Å². The molecule has 1 aliphatic heterocycles. The summed E-state index contributed by atoms with van der Waals surface area (Å²) in [5.74, 6) is 0.00380. The van der Waals surface area contributed by atoms with Gasteiger partial charge in [0.15, 0.2) is 0 Å². The highest BCUT2D eigenvalue weighted by atomic mass is 16.5. The number of nitrogens with zero attached hydrogens (tertiary/aromatic N) is 4. The Morgan fingerprint density at radius 1 is 1.32 bits per heavy atom. The first-order valence-electron chi connectivity index (χ1n) is 8.31. The van der Waals surface area contributed by atoms with Crippen molar-refractivity contribution in [3.63, 3.8) is 0 Å². The molecule has 0 aliphatic carbocycles. The summed E-state index contributed by atoms with van der Waals surface area (Å²) in [6, 6.07) is 9.50. The van der Waals surface area contributed by atoms with Crippen LogP contribution in [0.5, 0.6) is 0 Å². The van der Waals surface area contributed by atoms with Crippen LogP contribution in [0.1, 0.15) is 21.7 Å². The molecule has 0 saturated heterocycles. The minimum absolute atomic E-state index is 0.00380. The molecule has 0 fully saturated rings. The Bertz CT molecular complexity index is 934. The molecule has 0 saturated carbocycles. The Kier molecular flexibility index (Phi) is 3.97. The second kappa shape index (κ2) is 6.29. The lowest BCUT2D eigenvalue weighted by molar-refractivity contribution is 0.0468. The van der Waals surface area contributed by atoms with Crippen molar-refractivity contribution in [1.82, 2.24) is 19.4 Å². The number of amides is 1. The van der Waals surface area contributed by atoms with Gasteiger partial charge in [-0.3, -0.25) is 9.78 Å². The zero-order chi connectivity index (χ0) is 17.4. The standard InChI is InChI=1S/C19H20N4O2/c1-22-12-21-17-10-23(15(11-25-2)9-18(17)22)19(24)14-5-6-16-13(8-14)4-3-7-20-16/h3-8,12,15H,9-11H2,1-2H3. The van der Waals surface area contributed by atoms with Crippen molar-refractivity contribution < 1.29 is 9.53 Å². The van der Waals surface area contributed by atoms with Crippen molar-refractivity contribution in [2.45, 2.75) is 19.0 Å². The van der Waals surface area contributed by atoms with E-state index in [1.165, 1.54) is 5.69 Å². The molecular weight excluding hydrogens is 316 g/mol. The van der Waals surface area contributed by atoms with Gasteiger partial charge in [-0.05, 0) is 24.3 Å². The van der Waals surface area contributed by atoms with Gasteiger partial charge in [0.25, 0.3) is 5.91 Å². The van der Waals surface area contributed by atoms with Crippen molar-refractivity contribution in [2.75, 3.05) is 13.7 Å². The van der Waals surface area contributed by atoms with E-state index < -0.39 is 0 Å². The number of methoxy groups -OCH3 is 1. The SMILES string of the molecule is COCC1Cc2c(ncn2C)CN1C(=O)c1ccc2ncccc2c1. The third-order valence-corrected chi connectivity index (χ3v) is 4.81. The molecule has 0 bridgehead atoms. The molecule has 3 heterocycles. The topological polar surface area (TPSA) is 60.2 Å². The van der Waals surface area contributed by atoms with Gasteiger partial charge < -0.3 is 14.2 Å². The van der Waals surface area contributed by atoms with Crippen LogP contribution in [0.2, 0.25) is 0 Å². The van der Waals surface area contributed by atoms with Gasteiger partial charge in [0, 0.05) is 43.4 Å². The van der Waals surface area contributed by atoms with Crippen LogP contribution in [0.4, 0.5) is 0 Å². The van der Waals surface area contributed by atoms with Gasteiger partial charge in [-0.2, -0.15) is 0 Å². The lowest BCUT2D eigenvalue weighted by Gasteiger charge is -2.35. The van der Waals surface area contributed by atoms with Gasteiger partial charge in [0.05, 0.1) is 36.7 Å². The van der Waals surface area contributed by atoms with Crippen molar-refractivity contribution in [1.29, 1.82) is 0 Å². The molecule has 4 rings (SSSR count). The third kappa shape index (κ3) is 2.78. The van der Waals surface area contributed by atoms with E-state index in [2.05, 4.69) is 9.97 Å². The molecular formula is C19H20N4O2. The van der Waals surface area contributed by atoms with E-state index >= 15 is 0 Å². The zero-order valence-corrected chi connectivity index (χ0v) is 14.3. The predicted molar refractivity (Wildman–Crippen MR) is 94.2 cm³/mol. The monoisotopic (exact) mass is 336 g/mol. The van der Waals surface area contributed by atoms with Crippen molar-refractivity contribution >= 4 is 16.8 Å². The quantitative estimate of drug-likeness (QED) is 0.735. The number of fused-ring (bicyclic) bond motifs is 2. The summed E-state index contributed by atoms with van der Waals surface area (Å²) in [5, 5.41) is 0.965. The Morgan fingerprint density at radius 2 is 2.20 bits per heavy atom. The first-order valence-corrected chi connectivity index (χ1v) is 8.31. The van der Waals surface area contributed by atoms with Gasteiger partial charge in [-0.15, -0.1) is 0 Å². The summed E-state index contributed by atoms with van der Waals surface area (Å²) in [5.41, 5.74) is 3.69. The second-order valence-electron chi connectivity index (χ2n) is 6.41. The fourth-order valence-electron chi connectivity index (χ4n) is 3.48. The molecule has 1 aromatic carbocycles. The van der Waals surface area contributed by atoms with E-state index in [1.807, 2.05) is 53.2 Å². The molecule has 128 valence electrons. The molecule has 0 N–H and O–H groups in total. The average Bonchev–Trinajstić information content (AvgIpc) is 3.00. The second-order valence-corrected chi connectivity index (χ2v) is 6.41. The van der Waals surface area contributed by atoms with E-state index in [0.717, 1.165) is 23.0 Å². The highest BCUT2D eigenvalue weighted by Gasteiger charge is 2.32. The molecule has 1 unspecified atom stereocenters. The number of benzene rings is 1. The van der Waals surface area contributed by atoms with E-state index in [4.69, 9.17) is 4.74 Å². The number of pyridine rings is 1. The largest absolute Gasteiger partial charge is 0.383 e. The third-order valence-electron chi connectivity index (χ3n) is 4.81. The lowest BCUT2D eigenvalue weighted by atomic mass is 10.0. The van der Waals surface area contributed by atoms with Crippen LogP contribution >= 0.6 is 0 Å². The number of carbonyl (C=O) groups excluding carboxylic acids is 1. The van der Waals surface area contributed by atoms with Crippen molar-refractivity contribution in [2.24, 2.45) is 7.05 Å². The van der Waals surface area contributed by atoms with Gasteiger partial charge >= 0.3 is 0 Å². The predicted octanol–water partition coefficient (Wildman–Crippen LogP) is 2.18. The van der Waals surface area contributed by atoms with Crippen LogP contribution in [-0.4, -0.2) is 45.1 Å². The van der Waals surface area contributed by atoms with Crippen LogP contribution in [0, 0.1) is 0 Å². The highest BCUT2D eigenvalue weighted by Crippen LogP contribution is 2.25. The highest BCUT2D eigenvalue weighted by molar-refractivity contribution is 5.98. The van der Waals surface area contributed by atoms with Gasteiger partial charge in [0.2, 0.25) is 0 Å². The van der Waals surface area contributed by atoms with Gasteiger partial charge in [0.1, 0.15) is 0 Å². The molecule has 1 aliphatic rings. The summed E-state index contributed by atoms with van der Waals surface area (Å²) in [4.78, 5) is 23.8. The van der Waals surface area contributed by atoms with E-state index in [-0.39, 0.29) is 11.9 Å². The molecule has 0 spiro atoms. The number of hydrogen-bond donors (Lipinski definition) is 0. The lowest BCUT2D eigenvalue weighted by Crippen LogP contribution is -2.47. The van der Waals surface area contributed by atoms with E-state index in [1.54, 1.807) is 13.3 Å². The fourth-order valence-corrected chi connectivity index (χ4v) is 3.48. The molecule has 1 atom stereocenters. The number of aryl methyl sites for hydroxylation is 1. The minimum atomic E-state index is 0.00380. The minimum Gasteiger partial charge on any atom is -0.383 e. The molecule has 6 nitrogen and oxygen atoms in total. The summed E-state index contributed by atoms with van der Waals surface area (Å²) in [6.45, 7) is 1.01. The number of carbonyl (C=O) groups is 1. The summed E-state index contributed by atoms with van der Waals surface area (Å²) in [6.07, 6.45) is 4.32. The molecule has 6 heteroatoms. The van der Waals surface area contributed by atoms with E-state index in [0.29, 0.717) is 18.7 Å². The number of ether oxygens (including phenoxy) is 1. The fraction of sp³-hybridized carbons (Fsp3) is 0.316. The molecule has 25 heavy (non-hydrogen) atoms. The summed E-state index contributed by atoms with van der Waals surface area (Å²) in [7, 11) is 3.66. The number of hydrogen-bond acceptors (Lipinski definition) is 4. The Balaban J connectivity index is 1.68. The first-order chi connectivity index (χ1) is 12.2. The van der Waals surface area contributed by atoms with Crippen molar-refractivity contribution in [3.8, 4) is 0 Å². The Hall–Kier alpha value is -2.73. The average molecular weight is 336 g/mol. The molecule has 0 radical (unpaired) electrons. The maximum absolute atomic E-state index is 13.2. The normalized spacial score (nSPS) is 16.9. The summed E-state index contributed by atoms with van der Waals surface area (Å²) >= 11 is 0. The number of rotatable bonds is 3. The molecule has 1 amide bonds. The maximum Gasteiger partial charge on any atom is 0.254 e. The van der Waals surface area contributed by atoms with Crippen LogP contribution < -0.4 is 0 Å². The first kappa shape index (κ1) is 15.8. The molecule has 2 aromatic heterocycles. The van der Waals surface area contributed by atoms with Crippen LogP contribution in [-0.2, 0) is 24.8 Å². The van der Waals surface area contributed by atoms with Crippen molar-refractivity contribution in [3.05, 3.63) is 59.8 Å². The van der Waals surface area contributed by atoms with Crippen LogP contribution in [0.3, 0.4) is 0 Å². The Labute approximate surface area is 146 Å². The Morgan fingerprint density at radius 3 is 3.04 bits per heavy atom. The smallest absolute Gasteiger partial charge is 0.254 e. The van der Waals surface area contributed by atoms with E-state index in [9.17, 15) is 4.79 Å². The zero-order valence-electron chi connectivity index (χ0n) is 14.3.